The fourth-order valence-electron chi connectivity index (χ4n) is 4.56. The van der Waals surface area contributed by atoms with Gasteiger partial charge in [-0.25, -0.2) is 4.98 Å². The van der Waals surface area contributed by atoms with E-state index in [1.165, 1.54) is 0 Å². The average Bonchev–Trinajstić information content (AvgIpc) is 3.37. The Balaban J connectivity index is 1.37. The number of benzene rings is 2. The van der Waals surface area contributed by atoms with Gasteiger partial charge in [-0.05, 0) is 48.9 Å². The van der Waals surface area contributed by atoms with Crippen LogP contribution in [-0.2, 0) is 4.74 Å². The van der Waals surface area contributed by atoms with Gasteiger partial charge >= 0.3 is 0 Å². The normalized spacial score (nSPS) is 14.8. The summed E-state index contributed by atoms with van der Waals surface area (Å²) < 4.78 is 16.0. The molecule has 0 bridgehead atoms. The second kappa shape index (κ2) is 11.2. The number of β-amino-alcohol motifs (C(OH)–C–C–N with tert-alkyl or cyclic N) is 1. The summed E-state index contributed by atoms with van der Waals surface area (Å²) in [5.74, 6) is 0.782. The number of ether oxygens (including phenoxy) is 3. The highest BCUT2D eigenvalue weighted by Gasteiger charge is 2.21. The number of methoxy groups -OCH3 is 2. The first-order valence-electron chi connectivity index (χ1n) is 12.4. The number of carbonyl (C=O) groups is 1. The number of anilines is 1. The van der Waals surface area contributed by atoms with Crippen LogP contribution in [0.4, 0.5) is 5.69 Å². The van der Waals surface area contributed by atoms with Gasteiger partial charge in [0.25, 0.3) is 5.91 Å². The van der Waals surface area contributed by atoms with E-state index in [0.717, 1.165) is 35.3 Å². The Bertz CT molecular complexity index is 1420. The van der Waals surface area contributed by atoms with Crippen molar-refractivity contribution in [1.29, 1.82) is 0 Å². The van der Waals surface area contributed by atoms with E-state index in [0.29, 0.717) is 53.8 Å². The zero-order valence-corrected chi connectivity index (χ0v) is 21.7. The van der Waals surface area contributed by atoms with E-state index < -0.39 is 6.10 Å². The molecule has 1 aliphatic heterocycles. The molecule has 2 aromatic carbocycles. The topological polar surface area (TPSA) is 122 Å². The number of rotatable bonds is 8. The summed E-state index contributed by atoms with van der Waals surface area (Å²) in [5, 5.41) is 21.9. The maximum absolute atomic E-state index is 13.0. The van der Waals surface area contributed by atoms with E-state index in [4.69, 9.17) is 19.2 Å². The van der Waals surface area contributed by atoms with E-state index in [1.54, 1.807) is 32.4 Å². The number of aromatic nitrogens is 3. The van der Waals surface area contributed by atoms with E-state index in [1.807, 2.05) is 37.3 Å². The molecular formula is C28H31N5O5. The van der Waals surface area contributed by atoms with Gasteiger partial charge in [0.2, 0.25) is 0 Å². The van der Waals surface area contributed by atoms with Gasteiger partial charge < -0.3 is 24.6 Å². The number of hydrogen-bond donors (Lipinski definition) is 3. The number of morpholine rings is 1. The fraction of sp³-hybridized carbons (Fsp3) is 0.321. The van der Waals surface area contributed by atoms with Crippen LogP contribution in [0.2, 0.25) is 0 Å². The number of H-pyrrole nitrogens is 1. The molecular weight excluding hydrogens is 486 g/mol. The number of aryl methyl sites for hydroxylation is 1. The predicted octanol–water partition coefficient (Wildman–Crippen LogP) is 3.57. The van der Waals surface area contributed by atoms with Crippen molar-refractivity contribution < 1.29 is 24.1 Å². The van der Waals surface area contributed by atoms with Crippen molar-refractivity contribution in [3.8, 4) is 22.8 Å². The van der Waals surface area contributed by atoms with Crippen LogP contribution in [-0.4, -0.2) is 78.2 Å². The molecule has 0 aliphatic carbocycles. The number of aliphatic hydroxyl groups excluding tert-OH is 1. The number of pyridine rings is 1. The first-order chi connectivity index (χ1) is 18.4. The Hall–Kier alpha value is -3.99. The van der Waals surface area contributed by atoms with Crippen molar-refractivity contribution in [2.24, 2.45) is 0 Å². The summed E-state index contributed by atoms with van der Waals surface area (Å²) in [4.78, 5) is 19.9. The minimum Gasteiger partial charge on any atom is -0.497 e. The Morgan fingerprint density at radius 2 is 1.84 bits per heavy atom. The molecule has 38 heavy (non-hydrogen) atoms. The molecule has 5 rings (SSSR count). The fourth-order valence-corrected chi connectivity index (χ4v) is 4.56. The van der Waals surface area contributed by atoms with Crippen LogP contribution in [0.3, 0.4) is 0 Å². The third-order valence-corrected chi connectivity index (χ3v) is 6.69. The highest BCUT2D eigenvalue weighted by atomic mass is 16.5. The zero-order valence-electron chi connectivity index (χ0n) is 21.7. The molecule has 1 atom stereocenters. The van der Waals surface area contributed by atoms with Gasteiger partial charge in [-0.15, -0.1) is 0 Å². The Labute approximate surface area is 220 Å². The summed E-state index contributed by atoms with van der Waals surface area (Å²) in [6, 6.07) is 14.5. The Morgan fingerprint density at radius 1 is 1.11 bits per heavy atom. The number of hydrogen-bond acceptors (Lipinski definition) is 8. The monoisotopic (exact) mass is 517 g/mol. The Morgan fingerprint density at radius 3 is 2.55 bits per heavy atom. The molecule has 3 N–H and O–H groups in total. The third kappa shape index (κ3) is 5.47. The minimum absolute atomic E-state index is 0.284. The number of amides is 1. The number of fused-ring (bicyclic) bond motifs is 1. The van der Waals surface area contributed by atoms with Crippen LogP contribution in [0.15, 0.2) is 48.5 Å². The van der Waals surface area contributed by atoms with Gasteiger partial charge in [-0.2, -0.15) is 5.10 Å². The molecule has 1 unspecified atom stereocenters. The van der Waals surface area contributed by atoms with Crippen LogP contribution in [0.5, 0.6) is 11.5 Å². The quantitative estimate of drug-likeness (QED) is 0.324. The predicted molar refractivity (Wildman–Crippen MR) is 144 cm³/mol. The van der Waals surface area contributed by atoms with Crippen LogP contribution in [0.25, 0.3) is 22.3 Å². The van der Waals surface area contributed by atoms with Crippen LogP contribution >= 0.6 is 0 Å². The minimum atomic E-state index is -0.731. The molecule has 0 radical (unpaired) electrons. The standard InChI is InChI=1S/C28H31N5O5/c1-17-4-5-19(29-28(35)18-12-20(36-2)15-21(13-18)37-3)14-23(17)24-7-6-22-26(31-32-27(22)30-24)25(34)16-33-8-10-38-11-9-33/h4-7,12-15,25,34H,8-11,16H2,1-3H3,(H,29,35)(H,30,31,32). The van der Waals surface area contributed by atoms with Crippen LogP contribution in [0.1, 0.15) is 27.7 Å². The number of nitrogens with one attached hydrogen (secondary N) is 2. The lowest BCUT2D eigenvalue weighted by atomic mass is 10.0. The van der Waals surface area contributed by atoms with Crippen molar-refractivity contribution in [1.82, 2.24) is 20.1 Å². The zero-order chi connectivity index (χ0) is 26.6. The number of aliphatic hydroxyl groups is 1. The van der Waals surface area contributed by atoms with Crippen molar-refractivity contribution in [2.45, 2.75) is 13.0 Å². The van der Waals surface area contributed by atoms with Gasteiger partial charge in [-0.3, -0.25) is 14.8 Å². The lowest BCUT2D eigenvalue weighted by molar-refractivity contribution is 0.0138. The molecule has 1 saturated heterocycles. The largest absolute Gasteiger partial charge is 0.497 e. The van der Waals surface area contributed by atoms with Crippen molar-refractivity contribution in [3.63, 3.8) is 0 Å². The Kier molecular flexibility index (Phi) is 7.54. The lowest BCUT2D eigenvalue weighted by Gasteiger charge is -2.28. The van der Waals surface area contributed by atoms with Gasteiger partial charge in [0.15, 0.2) is 5.65 Å². The summed E-state index contributed by atoms with van der Waals surface area (Å²) in [7, 11) is 3.08. The molecule has 1 amide bonds. The van der Waals surface area contributed by atoms with Crippen molar-refractivity contribution in [3.05, 3.63) is 65.4 Å². The molecule has 0 spiro atoms. The summed E-state index contributed by atoms with van der Waals surface area (Å²) in [5.41, 5.74) is 4.83. The summed E-state index contributed by atoms with van der Waals surface area (Å²) in [6.07, 6.45) is -0.731. The van der Waals surface area contributed by atoms with Gasteiger partial charge in [0.05, 0.1) is 33.1 Å². The number of aromatic amines is 1. The average molecular weight is 518 g/mol. The van der Waals surface area contributed by atoms with E-state index >= 15 is 0 Å². The highest BCUT2D eigenvalue weighted by Crippen LogP contribution is 2.30. The number of nitrogens with zero attached hydrogens (tertiary/aromatic N) is 3. The third-order valence-electron chi connectivity index (χ3n) is 6.69. The lowest BCUT2D eigenvalue weighted by Crippen LogP contribution is -2.38. The van der Waals surface area contributed by atoms with E-state index in [2.05, 4.69) is 20.4 Å². The van der Waals surface area contributed by atoms with Crippen molar-refractivity contribution >= 4 is 22.6 Å². The molecule has 1 aliphatic rings. The molecule has 198 valence electrons. The maximum Gasteiger partial charge on any atom is 0.255 e. The molecule has 1 fully saturated rings. The smallest absolute Gasteiger partial charge is 0.255 e. The molecule has 10 heteroatoms. The molecule has 3 heterocycles. The molecule has 10 nitrogen and oxygen atoms in total. The molecule has 4 aromatic rings. The first-order valence-corrected chi connectivity index (χ1v) is 12.4. The summed E-state index contributed by atoms with van der Waals surface area (Å²) >= 11 is 0. The summed E-state index contributed by atoms with van der Waals surface area (Å²) in [6.45, 7) is 5.41. The van der Waals surface area contributed by atoms with Crippen LogP contribution < -0.4 is 14.8 Å². The van der Waals surface area contributed by atoms with Gasteiger partial charge in [-0.1, -0.05) is 6.07 Å². The maximum atomic E-state index is 13.0. The van der Waals surface area contributed by atoms with E-state index in [-0.39, 0.29) is 5.91 Å². The molecule has 2 aromatic heterocycles. The SMILES string of the molecule is COc1cc(OC)cc(C(=O)Nc2ccc(C)c(-c3ccc4c(C(O)CN5CCOCC5)n[nH]c4n3)c2)c1. The van der Waals surface area contributed by atoms with Gasteiger partial charge in [0.1, 0.15) is 23.3 Å². The highest BCUT2D eigenvalue weighted by molar-refractivity contribution is 6.05. The van der Waals surface area contributed by atoms with E-state index in [9.17, 15) is 9.90 Å². The van der Waals surface area contributed by atoms with Crippen LogP contribution in [0, 0.1) is 6.92 Å². The van der Waals surface area contributed by atoms with Gasteiger partial charge in [0, 0.05) is 47.9 Å². The second-order valence-electron chi connectivity index (χ2n) is 9.22. The van der Waals surface area contributed by atoms with Crippen molar-refractivity contribution in [2.75, 3.05) is 52.4 Å². The number of carbonyl (C=O) groups excluding carboxylic acids is 1. The molecule has 0 saturated carbocycles. The first kappa shape index (κ1) is 25.7. The second-order valence-corrected chi connectivity index (χ2v) is 9.22.